The van der Waals surface area contributed by atoms with Crippen LogP contribution in [0.4, 0.5) is 0 Å². The van der Waals surface area contributed by atoms with Gasteiger partial charge in [-0.25, -0.2) is 0 Å². The lowest BCUT2D eigenvalue weighted by molar-refractivity contribution is -0.153. The van der Waals surface area contributed by atoms with Crippen LogP contribution in [0.15, 0.2) is 25.3 Å². The Bertz CT molecular complexity index is 925. The van der Waals surface area contributed by atoms with Gasteiger partial charge in [-0.2, -0.15) is 0 Å². The molecule has 3 saturated heterocycles. The van der Waals surface area contributed by atoms with E-state index in [-0.39, 0.29) is 42.4 Å². The normalized spacial score (nSPS) is 28.4. The molecule has 0 radical (unpaired) electrons. The fraction of sp³-hybridized carbons (Fsp3) is 0.767. The standard InChI is InChI=1S/C30H49N3O5/c1-9-15-31(16-10-2)25(35)22-21-13-14-30(38-21)23(22)26(36)32(18-12-19-34)24(30)27(37)33(17-11-3)29(7,8)20-28(4,5)6/h9,11,21-24,34H,1,3,10,12-20H2,2,4-8H3/t21-,22+,23+,24?,30?/m1/s1. The Morgan fingerprint density at radius 3 is 2.37 bits per heavy atom. The van der Waals surface area contributed by atoms with Crippen LogP contribution in [0, 0.1) is 17.3 Å². The second-order valence-corrected chi connectivity index (χ2v) is 13.0. The van der Waals surface area contributed by atoms with Crippen molar-refractivity contribution in [2.45, 2.75) is 96.9 Å². The molecule has 2 bridgehead atoms. The molecule has 8 heteroatoms. The highest BCUT2D eigenvalue weighted by molar-refractivity contribution is 5.99. The fourth-order valence-corrected chi connectivity index (χ4v) is 7.43. The molecule has 0 aromatic carbocycles. The second kappa shape index (κ2) is 11.5. The maximum absolute atomic E-state index is 14.6. The van der Waals surface area contributed by atoms with E-state index in [2.05, 4.69) is 47.8 Å². The molecular weight excluding hydrogens is 482 g/mol. The molecule has 3 heterocycles. The van der Waals surface area contributed by atoms with Crippen molar-refractivity contribution in [1.82, 2.24) is 14.7 Å². The molecule has 3 aliphatic rings. The number of ether oxygens (including phenoxy) is 1. The number of carbonyl (C=O) groups excluding carboxylic acids is 3. The number of fused-ring (bicyclic) bond motifs is 1. The third kappa shape index (κ3) is 5.44. The lowest BCUT2D eigenvalue weighted by atomic mass is 9.70. The molecule has 214 valence electrons. The van der Waals surface area contributed by atoms with Crippen molar-refractivity contribution >= 4 is 17.7 Å². The average molecular weight is 532 g/mol. The highest BCUT2D eigenvalue weighted by Gasteiger charge is 2.75. The van der Waals surface area contributed by atoms with Gasteiger partial charge in [0.25, 0.3) is 0 Å². The molecule has 38 heavy (non-hydrogen) atoms. The lowest BCUT2D eigenvalue weighted by Crippen LogP contribution is -2.61. The van der Waals surface area contributed by atoms with Crippen molar-refractivity contribution in [2.75, 3.05) is 32.8 Å². The van der Waals surface area contributed by atoms with Crippen LogP contribution in [0.2, 0.25) is 0 Å². The van der Waals surface area contributed by atoms with Crippen LogP contribution in [0.3, 0.4) is 0 Å². The number of aliphatic hydroxyl groups is 1. The molecule has 5 atom stereocenters. The second-order valence-electron chi connectivity index (χ2n) is 13.0. The summed E-state index contributed by atoms with van der Waals surface area (Å²) in [6.07, 6.45) is 6.15. The number of carbonyl (C=O) groups is 3. The number of hydrogen-bond acceptors (Lipinski definition) is 5. The number of rotatable bonds is 13. The van der Waals surface area contributed by atoms with Crippen LogP contribution in [0.1, 0.15) is 73.6 Å². The van der Waals surface area contributed by atoms with Crippen molar-refractivity contribution < 1.29 is 24.2 Å². The molecular formula is C30H49N3O5. The van der Waals surface area contributed by atoms with Gasteiger partial charge >= 0.3 is 0 Å². The van der Waals surface area contributed by atoms with E-state index in [9.17, 15) is 19.5 Å². The van der Waals surface area contributed by atoms with Crippen molar-refractivity contribution in [1.29, 1.82) is 0 Å². The minimum absolute atomic E-state index is 0.0280. The van der Waals surface area contributed by atoms with Gasteiger partial charge in [-0.1, -0.05) is 39.8 Å². The van der Waals surface area contributed by atoms with Gasteiger partial charge in [0.2, 0.25) is 17.7 Å². The predicted octanol–water partition coefficient (Wildman–Crippen LogP) is 3.40. The molecule has 1 N–H and O–H groups in total. The van der Waals surface area contributed by atoms with Gasteiger partial charge in [0.1, 0.15) is 11.6 Å². The Labute approximate surface area is 229 Å². The Balaban J connectivity index is 2.06. The number of nitrogens with zero attached hydrogens (tertiary/aromatic N) is 3. The highest BCUT2D eigenvalue weighted by atomic mass is 16.5. The van der Waals surface area contributed by atoms with E-state index in [1.165, 1.54) is 0 Å². The van der Waals surface area contributed by atoms with Crippen molar-refractivity contribution in [3.8, 4) is 0 Å². The van der Waals surface area contributed by atoms with Crippen molar-refractivity contribution in [3.63, 3.8) is 0 Å². The molecule has 3 rings (SSSR count). The maximum atomic E-state index is 14.6. The molecule has 0 aromatic rings. The van der Waals surface area contributed by atoms with Crippen LogP contribution in [0.5, 0.6) is 0 Å². The first-order valence-corrected chi connectivity index (χ1v) is 14.2. The smallest absolute Gasteiger partial charge is 0.249 e. The van der Waals surface area contributed by atoms with E-state index in [0.717, 1.165) is 12.8 Å². The lowest BCUT2D eigenvalue weighted by Gasteiger charge is -2.45. The molecule has 3 amide bonds. The zero-order chi connectivity index (χ0) is 28.5. The molecule has 1 spiro atoms. The van der Waals surface area contributed by atoms with Gasteiger partial charge < -0.3 is 24.5 Å². The maximum Gasteiger partial charge on any atom is 0.249 e. The average Bonchev–Trinajstić information content (AvgIpc) is 3.46. The first-order chi connectivity index (χ1) is 17.8. The summed E-state index contributed by atoms with van der Waals surface area (Å²) in [4.78, 5) is 47.7. The van der Waals surface area contributed by atoms with Gasteiger partial charge in [0, 0.05) is 38.3 Å². The van der Waals surface area contributed by atoms with E-state index in [0.29, 0.717) is 38.9 Å². The monoisotopic (exact) mass is 531 g/mol. The van der Waals surface area contributed by atoms with Crippen LogP contribution >= 0.6 is 0 Å². The molecule has 8 nitrogen and oxygen atoms in total. The number of hydrogen-bond donors (Lipinski definition) is 1. The molecule has 3 fully saturated rings. The van der Waals surface area contributed by atoms with Gasteiger partial charge in [0.05, 0.1) is 17.9 Å². The number of amides is 3. The topological polar surface area (TPSA) is 90.4 Å². The zero-order valence-electron chi connectivity index (χ0n) is 24.4. The molecule has 0 aromatic heterocycles. The van der Waals surface area contributed by atoms with E-state index >= 15 is 0 Å². The largest absolute Gasteiger partial charge is 0.396 e. The Morgan fingerprint density at radius 1 is 1.16 bits per heavy atom. The van der Waals surface area contributed by atoms with Gasteiger partial charge in [-0.15, -0.1) is 13.2 Å². The van der Waals surface area contributed by atoms with E-state index in [4.69, 9.17) is 4.74 Å². The summed E-state index contributed by atoms with van der Waals surface area (Å²) in [7, 11) is 0. The third-order valence-corrected chi connectivity index (χ3v) is 8.30. The molecule has 2 unspecified atom stereocenters. The Kier molecular flexibility index (Phi) is 9.19. The van der Waals surface area contributed by atoms with E-state index < -0.39 is 29.0 Å². The summed E-state index contributed by atoms with van der Waals surface area (Å²) >= 11 is 0. The zero-order valence-corrected chi connectivity index (χ0v) is 24.4. The number of likely N-dealkylation sites (tertiary alicyclic amines) is 1. The Hall–Kier alpha value is -2.19. The summed E-state index contributed by atoms with van der Waals surface area (Å²) < 4.78 is 6.61. The van der Waals surface area contributed by atoms with Gasteiger partial charge in [-0.3, -0.25) is 14.4 Å². The molecule has 3 aliphatic heterocycles. The van der Waals surface area contributed by atoms with Crippen LogP contribution in [-0.4, -0.2) is 93.6 Å². The van der Waals surface area contributed by atoms with Gasteiger partial charge in [0.15, 0.2) is 0 Å². The summed E-state index contributed by atoms with van der Waals surface area (Å²) in [6.45, 7) is 21.8. The first kappa shape index (κ1) is 30.4. The first-order valence-electron chi connectivity index (χ1n) is 14.2. The van der Waals surface area contributed by atoms with Crippen molar-refractivity contribution in [2.24, 2.45) is 17.3 Å². The summed E-state index contributed by atoms with van der Waals surface area (Å²) in [5.41, 5.74) is -1.57. The highest BCUT2D eigenvalue weighted by Crippen LogP contribution is 2.59. The summed E-state index contributed by atoms with van der Waals surface area (Å²) in [6, 6.07) is -0.840. The molecule has 0 aliphatic carbocycles. The SMILES string of the molecule is C=CCN(CCC)C(=O)[C@@H]1[C@H]2C(=O)N(CCCO)C(C(=O)N(CC=C)C(C)(C)CC(C)(C)C)C23CC[C@H]1O3. The van der Waals surface area contributed by atoms with Crippen LogP contribution in [-0.2, 0) is 19.1 Å². The predicted molar refractivity (Wildman–Crippen MR) is 148 cm³/mol. The van der Waals surface area contributed by atoms with E-state index in [1.807, 2.05) is 11.8 Å². The van der Waals surface area contributed by atoms with Crippen LogP contribution in [0.25, 0.3) is 0 Å². The third-order valence-electron chi connectivity index (χ3n) is 8.30. The molecule has 0 saturated carbocycles. The summed E-state index contributed by atoms with van der Waals surface area (Å²) in [5.74, 6) is -1.80. The van der Waals surface area contributed by atoms with Crippen LogP contribution < -0.4 is 0 Å². The minimum Gasteiger partial charge on any atom is -0.396 e. The summed E-state index contributed by atoms with van der Waals surface area (Å²) in [5, 5.41) is 9.60. The minimum atomic E-state index is -1.04. The fourth-order valence-electron chi connectivity index (χ4n) is 7.43. The van der Waals surface area contributed by atoms with Crippen molar-refractivity contribution in [3.05, 3.63) is 25.3 Å². The van der Waals surface area contributed by atoms with Gasteiger partial charge in [-0.05, 0) is 51.4 Å². The quantitative estimate of drug-likeness (QED) is 0.368. The number of aliphatic hydroxyl groups excluding tert-OH is 1. The van der Waals surface area contributed by atoms with E-state index in [1.54, 1.807) is 22.0 Å². The Morgan fingerprint density at radius 2 is 1.82 bits per heavy atom.